The minimum atomic E-state index is -4.46. The first kappa shape index (κ1) is 20.7. The lowest BCUT2D eigenvalue weighted by Gasteiger charge is -2.28. The summed E-state index contributed by atoms with van der Waals surface area (Å²) in [6, 6.07) is 4.28. The van der Waals surface area contributed by atoms with Crippen LogP contribution in [0.1, 0.15) is 31.4 Å². The van der Waals surface area contributed by atoms with Crippen LogP contribution in [0.4, 0.5) is 13.2 Å². The molecule has 7 heteroatoms. The quantitative estimate of drug-likeness (QED) is 0.401. The molecule has 0 aliphatic heterocycles. The van der Waals surface area contributed by atoms with Crippen LogP contribution in [0, 0.1) is 5.41 Å². The number of ether oxygens (including phenoxy) is 2. The average molecular weight is 358 g/mol. The van der Waals surface area contributed by atoms with E-state index in [9.17, 15) is 22.8 Å². The third-order valence-corrected chi connectivity index (χ3v) is 3.61. The van der Waals surface area contributed by atoms with E-state index in [1.807, 2.05) is 0 Å². The van der Waals surface area contributed by atoms with Crippen LogP contribution >= 0.6 is 0 Å². The van der Waals surface area contributed by atoms with Crippen molar-refractivity contribution in [2.24, 2.45) is 5.41 Å². The number of halogens is 3. The van der Waals surface area contributed by atoms with E-state index in [4.69, 9.17) is 9.47 Å². The van der Waals surface area contributed by atoms with Crippen LogP contribution in [0.15, 0.2) is 36.9 Å². The number of allylic oxidation sites excluding steroid dienone is 1. The largest absolute Gasteiger partial charge is 0.465 e. The Morgan fingerprint density at radius 1 is 1.04 bits per heavy atom. The van der Waals surface area contributed by atoms with Gasteiger partial charge in [0.15, 0.2) is 5.41 Å². The molecule has 0 spiro atoms. The number of rotatable bonds is 8. The molecule has 1 aromatic carbocycles. The van der Waals surface area contributed by atoms with Crippen molar-refractivity contribution in [3.05, 3.63) is 48.0 Å². The first-order chi connectivity index (χ1) is 11.7. The molecule has 0 aromatic heterocycles. The number of alkyl halides is 3. The Balaban J connectivity index is 3.24. The Morgan fingerprint density at radius 3 is 1.88 bits per heavy atom. The average Bonchev–Trinajstić information content (AvgIpc) is 2.54. The number of hydrogen-bond donors (Lipinski definition) is 0. The Kier molecular flexibility index (Phi) is 7.21. The third-order valence-electron chi connectivity index (χ3n) is 3.61. The van der Waals surface area contributed by atoms with Crippen LogP contribution in [-0.4, -0.2) is 25.2 Å². The van der Waals surface area contributed by atoms with Gasteiger partial charge in [0, 0.05) is 0 Å². The zero-order chi connectivity index (χ0) is 19.1. The molecule has 0 amide bonds. The molecule has 1 aromatic rings. The van der Waals surface area contributed by atoms with Crippen LogP contribution in [0.5, 0.6) is 0 Å². The molecule has 0 fully saturated rings. The summed E-state index contributed by atoms with van der Waals surface area (Å²) in [4.78, 5) is 24.9. The number of benzene rings is 1. The molecule has 0 saturated carbocycles. The highest BCUT2D eigenvalue weighted by molar-refractivity contribution is 6.00. The lowest BCUT2D eigenvalue weighted by Crippen LogP contribution is -2.43. The topological polar surface area (TPSA) is 52.6 Å². The lowest BCUT2D eigenvalue weighted by molar-refractivity contribution is -0.172. The van der Waals surface area contributed by atoms with Gasteiger partial charge in [-0.15, -0.1) is 6.58 Å². The van der Waals surface area contributed by atoms with Gasteiger partial charge >= 0.3 is 18.1 Å². The number of esters is 2. The molecular formula is C18H21F3O4. The molecule has 4 nitrogen and oxygen atoms in total. The third kappa shape index (κ3) is 5.08. The van der Waals surface area contributed by atoms with Gasteiger partial charge in [-0.05, 0) is 44.4 Å². The molecular weight excluding hydrogens is 337 g/mol. The molecule has 1 rings (SSSR count). The molecule has 0 unspecified atom stereocenters. The Hall–Kier alpha value is -2.31. The van der Waals surface area contributed by atoms with Crippen LogP contribution in [0.25, 0.3) is 0 Å². The minimum absolute atomic E-state index is 0.0499. The minimum Gasteiger partial charge on any atom is -0.465 e. The molecule has 0 radical (unpaired) electrons. The zero-order valence-electron chi connectivity index (χ0n) is 14.2. The predicted molar refractivity (Wildman–Crippen MR) is 85.7 cm³/mol. The molecule has 0 atom stereocenters. The summed E-state index contributed by atoms with van der Waals surface area (Å²) in [7, 11) is 0. The van der Waals surface area contributed by atoms with Crippen LogP contribution < -0.4 is 0 Å². The van der Waals surface area contributed by atoms with E-state index in [1.165, 1.54) is 18.2 Å². The maximum atomic E-state index is 12.7. The standard InChI is InChI=1S/C18H21F3O4/c1-4-11-17(15(22)24-5-2,16(23)25-6-3)12-13-7-9-14(10-8-13)18(19,20)21/h4,7-10H,1,5-6,11-12H2,2-3H3. The molecule has 0 heterocycles. The smallest absolute Gasteiger partial charge is 0.416 e. The molecule has 138 valence electrons. The molecule has 0 aliphatic carbocycles. The van der Waals surface area contributed by atoms with E-state index in [1.54, 1.807) is 13.8 Å². The molecule has 0 saturated heterocycles. The van der Waals surface area contributed by atoms with Gasteiger partial charge in [0.1, 0.15) is 0 Å². The van der Waals surface area contributed by atoms with Crippen molar-refractivity contribution in [1.82, 2.24) is 0 Å². The summed E-state index contributed by atoms with van der Waals surface area (Å²) < 4.78 is 48.0. The van der Waals surface area contributed by atoms with E-state index in [0.717, 1.165) is 12.1 Å². The zero-order valence-corrected chi connectivity index (χ0v) is 14.2. The van der Waals surface area contributed by atoms with Crippen molar-refractivity contribution >= 4 is 11.9 Å². The number of carbonyl (C=O) groups is 2. The maximum Gasteiger partial charge on any atom is 0.416 e. The van der Waals surface area contributed by atoms with Crippen LogP contribution in [0.3, 0.4) is 0 Å². The van der Waals surface area contributed by atoms with E-state index in [-0.39, 0.29) is 26.1 Å². The van der Waals surface area contributed by atoms with Gasteiger partial charge in [0.2, 0.25) is 0 Å². The maximum absolute atomic E-state index is 12.7. The van der Waals surface area contributed by atoms with E-state index in [0.29, 0.717) is 5.56 Å². The number of hydrogen-bond acceptors (Lipinski definition) is 4. The second-order valence-corrected chi connectivity index (χ2v) is 5.39. The highest BCUT2D eigenvalue weighted by atomic mass is 19.4. The van der Waals surface area contributed by atoms with Crippen molar-refractivity contribution in [1.29, 1.82) is 0 Å². The molecule has 0 aliphatic rings. The summed E-state index contributed by atoms with van der Waals surface area (Å²) in [5.74, 6) is -1.57. The Bertz CT molecular complexity index is 588. The second-order valence-electron chi connectivity index (χ2n) is 5.39. The Morgan fingerprint density at radius 2 is 1.52 bits per heavy atom. The predicted octanol–water partition coefficient (Wildman–Crippen LogP) is 3.94. The van der Waals surface area contributed by atoms with Gasteiger partial charge in [-0.2, -0.15) is 13.2 Å². The van der Waals surface area contributed by atoms with Gasteiger partial charge in [0.05, 0.1) is 18.8 Å². The molecule has 0 N–H and O–H groups in total. The fourth-order valence-corrected chi connectivity index (χ4v) is 2.41. The normalized spacial score (nSPS) is 11.7. The van der Waals surface area contributed by atoms with Crippen molar-refractivity contribution < 1.29 is 32.2 Å². The van der Waals surface area contributed by atoms with Crippen molar-refractivity contribution in [2.45, 2.75) is 32.9 Å². The van der Waals surface area contributed by atoms with E-state index in [2.05, 4.69) is 6.58 Å². The van der Waals surface area contributed by atoms with Gasteiger partial charge in [-0.3, -0.25) is 9.59 Å². The first-order valence-electron chi connectivity index (χ1n) is 7.82. The van der Waals surface area contributed by atoms with Crippen LogP contribution in [-0.2, 0) is 31.7 Å². The summed E-state index contributed by atoms with van der Waals surface area (Å²) in [6.45, 7) is 6.87. The highest BCUT2D eigenvalue weighted by Crippen LogP contribution is 2.34. The highest BCUT2D eigenvalue weighted by Gasteiger charge is 2.48. The van der Waals surface area contributed by atoms with Crippen molar-refractivity contribution in [2.75, 3.05) is 13.2 Å². The fraction of sp³-hybridized carbons (Fsp3) is 0.444. The molecule has 0 bridgehead atoms. The van der Waals surface area contributed by atoms with Crippen molar-refractivity contribution in [3.63, 3.8) is 0 Å². The van der Waals surface area contributed by atoms with Gasteiger partial charge < -0.3 is 9.47 Å². The second kappa shape index (κ2) is 8.69. The fourth-order valence-electron chi connectivity index (χ4n) is 2.41. The summed E-state index contributed by atoms with van der Waals surface area (Å²) >= 11 is 0. The van der Waals surface area contributed by atoms with Crippen molar-refractivity contribution in [3.8, 4) is 0 Å². The van der Waals surface area contributed by atoms with Crippen LogP contribution in [0.2, 0.25) is 0 Å². The lowest BCUT2D eigenvalue weighted by atomic mass is 9.78. The summed E-state index contributed by atoms with van der Waals surface area (Å²) in [5, 5.41) is 0. The summed E-state index contributed by atoms with van der Waals surface area (Å²) in [5.41, 5.74) is -2.10. The van der Waals surface area contributed by atoms with Gasteiger partial charge in [-0.25, -0.2) is 0 Å². The monoisotopic (exact) mass is 358 g/mol. The van der Waals surface area contributed by atoms with E-state index >= 15 is 0 Å². The SMILES string of the molecule is C=CCC(Cc1ccc(C(F)(F)F)cc1)(C(=O)OCC)C(=O)OCC. The summed E-state index contributed by atoms with van der Waals surface area (Å²) in [6.07, 6.45) is -3.27. The van der Waals surface area contributed by atoms with E-state index < -0.39 is 29.1 Å². The first-order valence-corrected chi connectivity index (χ1v) is 7.82. The molecule has 25 heavy (non-hydrogen) atoms. The Labute approximate surface area is 144 Å². The van der Waals surface area contributed by atoms with Gasteiger partial charge in [-0.1, -0.05) is 18.2 Å². The van der Waals surface area contributed by atoms with Gasteiger partial charge in [0.25, 0.3) is 0 Å². The number of carbonyl (C=O) groups excluding carboxylic acids is 2.